The summed E-state index contributed by atoms with van der Waals surface area (Å²) in [5.41, 5.74) is 1.94. The van der Waals surface area contributed by atoms with Gasteiger partial charge in [-0.3, -0.25) is 0 Å². The lowest BCUT2D eigenvalue weighted by molar-refractivity contribution is -0.136. The van der Waals surface area contributed by atoms with E-state index in [0.717, 1.165) is 27.1 Å². The van der Waals surface area contributed by atoms with Crippen LogP contribution in [0.3, 0.4) is 0 Å². The Morgan fingerprint density at radius 2 is 1.57 bits per heavy atom. The molecular formula is C23H22N2O3. The maximum absolute atomic E-state index is 12.8. The Morgan fingerprint density at radius 3 is 2.11 bits per heavy atom. The quantitative estimate of drug-likeness (QED) is 0.526. The van der Waals surface area contributed by atoms with E-state index in [4.69, 9.17) is 4.74 Å². The Labute approximate surface area is 163 Å². The topological polar surface area (TPSA) is 67.4 Å². The highest BCUT2D eigenvalue weighted by Crippen LogP contribution is 2.38. The summed E-state index contributed by atoms with van der Waals surface area (Å²) in [6, 6.07) is 17.2. The van der Waals surface area contributed by atoms with Crippen LogP contribution in [-0.2, 0) is 9.53 Å². The average molecular weight is 374 g/mol. The Balaban J connectivity index is 2.10. The summed E-state index contributed by atoms with van der Waals surface area (Å²) in [6.07, 6.45) is 0. The van der Waals surface area contributed by atoms with Crippen molar-refractivity contribution in [3.63, 3.8) is 0 Å². The summed E-state index contributed by atoms with van der Waals surface area (Å²) in [5, 5.41) is 9.87. The monoisotopic (exact) mass is 374 g/mol. The van der Waals surface area contributed by atoms with E-state index in [9.17, 15) is 9.59 Å². The van der Waals surface area contributed by atoms with Gasteiger partial charge < -0.3 is 15.4 Å². The zero-order valence-electron chi connectivity index (χ0n) is 16.1. The van der Waals surface area contributed by atoms with E-state index in [1.165, 1.54) is 7.11 Å². The van der Waals surface area contributed by atoms with Gasteiger partial charge in [-0.2, -0.15) is 0 Å². The van der Waals surface area contributed by atoms with E-state index in [1.807, 2.05) is 62.4 Å². The van der Waals surface area contributed by atoms with E-state index in [2.05, 4.69) is 16.7 Å². The summed E-state index contributed by atoms with van der Waals surface area (Å²) in [5.74, 6) is -0.484. The highest BCUT2D eigenvalue weighted by molar-refractivity contribution is 6.05. The lowest BCUT2D eigenvalue weighted by Gasteiger charge is -2.32. The number of rotatable bonds is 3. The Kier molecular flexibility index (Phi) is 4.51. The van der Waals surface area contributed by atoms with Crippen molar-refractivity contribution in [2.75, 3.05) is 7.11 Å². The molecule has 28 heavy (non-hydrogen) atoms. The highest BCUT2D eigenvalue weighted by atomic mass is 16.5. The number of fused-ring (bicyclic) bond motifs is 2. The third-order valence-corrected chi connectivity index (χ3v) is 5.19. The fourth-order valence-electron chi connectivity index (χ4n) is 3.95. The molecule has 0 spiro atoms. The molecule has 3 aromatic carbocycles. The van der Waals surface area contributed by atoms with Gasteiger partial charge in [-0.25, -0.2) is 9.59 Å². The predicted molar refractivity (Wildman–Crippen MR) is 110 cm³/mol. The van der Waals surface area contributed by atoms with Crippen LogP contribution in [0.15, 0.2) is 65.9 Å². The number of methoxy groups -OCH3 is 1. The van der Waals surface area contributed by atoms with Gasteiger partial charge in [0.05, 0.1) is 18.7 Å². The molecule has 1 heterocycles. The molecule has 0 aromatic heterocycles. The highest BCUT2D eigenvalue weighted by Gasteiger charge is 2.36. The van der Waals surface area contributed by atoms with E-state index >= 15 is 0 Å². The first-order valence-corrected chi connectivity index (χ1v) is 9.31. The summed E-state index contributed by atoms with van der Waals surface area (Å²) in [4.78, 5) is 25.3. The second kappa shape index (κ2) is 7.00. The molecule has 0 fully saturated rings. The molecule has 5 nitrogen and oxygen atoms in total. The van der Waals surface area contributed by atoms with Gasteiger partial charge >= 0.3 is 12.0 Å². The molecule has 3 aromatic rings. The number of carbonyl (C=O) groups is 2. The van der Waals surface area contributed by atoms with Crippen LogP contribution in [0.25, 0.3) is 21.5 Å². The molecule has 1 aliphatic rings. The largest absolute Gasteiger partial charge is 0.466 e. The second-order valence-corrected chi connectivity index (χ2v) is 7.24. The Hall–Kier alpha value is -3.34. The van der Waals surface area contributed by atoms with E-state index in [1.54, 1.807) is 0 Å². The number of amides is 2. The minimum Gasteiger partial charge on any atom is -0.466 e. The van der Waals surface area contributed by atoms with E-state index < -0.39 is 12.0 Å². The number of benzene rings is 3. The Bertz CT molecular complexity index is 1080. The average Bonchev–Trinajstić information content (AvgIpc) is 2.70. The lowest BCUT2D eigenvalue weighted by atomic mass is 9.85. The van der Waals surface area contributed by atoms with Gasteiger partial charge in [0.1, 0.15) is 0 Å². The SMILES string of the molecule is COC(=O)C1=C(C(C)C)NC(=O)NC1c1c2ccccc2cc2ccccc12. The van der Waals surface area contributed by atoms with Crippen LogP contribution in [0.2, 0.25) is 0 Å². The van der Waals surface area contributed by atoms with Gasteiger partial charge in [0.15, 0.2) is 0 Å². The summed E-state index contributed by atoms with van der Waals surface area (Å²) < 4.78 is 5.09. The molecule has 1 unspecified atom stereocenters. The van der Waals surface area contributed by atoms with Crippen molar-refractivity contribution >= 4 is 33.5 Å². The summed E-state index contributed by atoms with van der Waals surface area (Å²) in [6.45, 7) is 3.89. The number of nitrogens with one attached hydrogen (secondary N) is 2. The maximum Gasteiger partial charge on any atom is 0.337 e. The molecule has 1 aliphatic heterocycles. The number of ether oxygens (including phenoxy) is 1. The van der Waals surface area contributed by atoms with Crippen molar-refractivity contribution in [3.05, 3.63) is 71.4 Å². The molecule has 0 radical (unpaired) electrons. The fraction of sp³-hybridized carbons (Fsp3) is 0.217. The smallest absolute Gasteiger partial charge is 0.337 e. The molecule has 0 bridgehead atoms. The Morgan fingerprint density at radius 1 is 1.00 bits per heavy atom. The molecule has 0 saturated heterocycles. The number of hydrogen-bond acceptors (Lipinski definition) is 3. The van der Waals surface area contributed by atoms with Crippen molar-refractivity contribution in [1.82, 2.24) is 10.6 Å². The zero-order valence-corrected chi connectivity index (χ0v) is 16.1. The number of allylic oxidation sites excluding steroid dienone is 1. The van der Waals surface area contributed by atoms with Crippen LogP contribution in [0.1, 0.15) is 25.5 Å². The van der Waals surface area contributed by atoms with Gasteiger partial charge in [0, 0.05) is 5.70 Å². The van der Waals surface area contributed by atoms with Gasteiger partial charge in [0.2, 0.25) is 0 Å². The minimum absolute atomic E-state index is 0.0381. The van der Waals surface area contributed by atoms with Gasteiger partial charge in [-0.05, 0) is 39.1 Å². The van der Waals surface area contributed by atoms with Gasteiger partial charge in [-0.15, -0.1) is 0 Å². The third kappa shape index (κ3) is 2.89. The summed E-state index contributed by atoms with van der Waals surface area (Å²) in [7, 11) is 1.36. The van der Waals surface area contributed by atoms with Crippen LogP contribution >= 0.6 is 0 Å². The molecule has 0 saturated carbocycles. The standard InChI is InChI=1S/C23H22N2O3/c1-13(2)20-19(22(26)28-3)21(25-23(27)24-20)18-16-10-6-4-8-14(16)12-15-9-5-7-11-17(15)18/h4-13,21H,1-3H3,(H2,24,25,27). The van der Waals surface area contributed by atoms with Crippen molar-refractivity contribution in [2.45, 2.75) is 19.9 Å². The first-order chi connectivity index (χ1) is 13.5. The predicted octanol–water partition coefficient (Wildman–Crippen LogP) is 4.43. The normalized spacial score (nSPS) is 17.0. The second-order valence-electron chi connectivity index (χ2n) is 7.24. The minimum atomic E-state index is -0.602. The zero-order chi connectivity index (χ0) is 19.8. The molecule has 2 amide bonds. The first kappa shape index (κ1) is 18.0. The lowest BCUT2D eigenvalue weighted by Crippen LogP contribution is -2.47. The van der Waals surface area contributed by atoms with Crippen LogP contribution in [0.4, 0.5) is 4.79 Å². The van der Waals surface area contributed by atoms with Crippen molar-refractivity contribution < 1.29 is 14.3 Å². The van der Waals surface area contributed by atoms with Crippen molar-refractivity contribution in [2.24, 2.45) is 5.92 Å². The van der Waals surface area contributed by atoms with Crippen molar-refractivity contribution in [1.29, 1.82) is 0 Å². The molecule has 2 N–H and O–H groups in total. The molecule has 5 heteroatoms. The number of esters is 1. The number of hydrogen-bond donors (Lipinski definition) is 2. The fourth-order valence-corrected chi connectivity index (χ4v) is 3.95. The van der Waals surface area contributed by atoms with Gasteiger partial charge in [-0.1, -0.05) is 62.4 Å². The molecule has 0 aliphatic carbocycles. The van der Waals surface area contributed by atoms with Crippen molar-refractivity contribution in [3.8, 4) is 0 Å². The number of urea groups is 1. The van der Waals surface area contributed by atoms with Crippen LogP contribution < -0.4 is 10.6 Å². The maximum atomic E-state index is 12.8. The van der Waals surface area contributed by atoms with Crippen LogP contribution in [0, 0.1) is 5.92 Å². The number of carbonyl (C=O) groups excluding carboxylic acids is 2. The first-order valence-electron chi connectivity index (χ1n) is 9.31. The van der Waals surface area contributed by atoms with Gasteiger partial charge in [0.25, 0.3) is 0 Å². The van der Waals surface area contributed by atoms with Crippen LogP contribution in [0.5, 0.6) is 0 Å². The summed E-state index contributed by atoms with van der Waals surface area (Å²) >= 11 is 0. The van der Waals surface area contributed by atoms with E-state index in [-0.39, 0.29) is 11.9 Å². The molecule has 1 atom stereocenters. The molecule has 4 rings (SSSR count). The molecule has 142 valence electrons. The van der Waals surface area contributed by atoms with Crippen LogP contribution in [-0.4, -0.2) is 19.1 Å². The molecular weight excluding hydrogens is 352 g/mol. The van der Waals surface area contributed by atoms with E-state index in [0.29, 0.717) is 11.3 Å². The third-order valence-electron chi connectivity index (χ3n) is 5.19.